The van der Waals surface area contributed by atoms with E-state index in [-0.39, 0.29) is 12.6 Å². The predicted octanol–water partition coefficient (Wildman–Crippen LogP) is 0.530. The summed E-state index contributed by atoms with van der Waals surface area (Å²) < 4.78 is 23.3. The van der Waals surface area contributed by atoms with Gasteiger partial charge in [-0.3, -0.25) is 4.90 Å². The van der Waals surface area contributed by atoms with Crippen molar-refractivity contribution in [2.75, 3.05) is 20.1 Å². The van der Waals surface area contributed by atoms with Crippen molar-refractivity contribution in [2.24, 2.45) is 5.73 Å². The molecule has 0 bridgehead atoms. The van der Waals surface area contributed by atoms with Crippen LogP contribution in [0.2, 0.25) is 0 Å². The molecular formula is C6H14F2N2. The lowest BCUT2D eigenvalue weighted by Crippen LogP contribution is -2.35. The average Bonchev–Trinajstić information content (AvgIpc) is 1.58. The molecule has 0 rings (SSSR count). The van der Waals surface area contributed by atoms with E-state index < -0.39 is 6.43 Å². The molecule has 0 saturated heterocycles. The van der Waals surface area contributed by atoms with Crippen LogP contribution in [0, 0.1) is 0 Å². The van der Waals surface area contributed by atoms with E-state index >= 15 is 0 Å². The number of nitrogens with zero attached hydrogens (tertiary/aromatic N) is 1. The molecule has 0 aromatic rings. The number of hydrogen-bond acceptors (Lipinski definition) is 2. The topological polar surface area (TPSA) is 29.3 Å². The third-order valence-electron chi connectivity index (χ3n) is 1.05. The summed E-state index contributed by atoms with van der Waals surface area (Å²) in [7, 11) is 1.63. The minimum absolute atomic E-state index is 0.0382. The number of hydrogen-bond donors (Lipinski definition) is 1. The predicted molar refractivity (Wildman–Crippen MR) is 37.2 cm³/mol. The molecule has 0 fully saturated rings. The Morgan fingerprint density at radius 2 is 1.90 bits per heavy atom. The van der Waals surface area contributed by atoms with E-state index in [1.54, 1.807) is 14.0 Å². The number of alkyl halides is 2. The molecule has 10 heavy (non-hydrogen) atoms. The first kappa shape index (κ1) is 9.78. The van der Waals surface area contributed by atoms with Gasteiger partial charge >= 0.3 is 0 Å². The highest BCUT2D eigenvalue weighted by Gasteiger charge is 2.08. The van der Waals surface area contributed by atoms with Gasteiger partial charge < -0.3 is 5.73 Å². The highest BCUT2D eigenvalue weighted by molar-refractivity contribution is 4.60. The summed E-state index contributed by atoms with van der Waals surface area (Å²) in [4.78, 5) is 1.52. The molecule has 0 aliphatic heterocycles. The van der Waals surface area contributed by atoms with Crippen LogP contribution < -0.4 is 5.73 Å². The number of likely N-dealkylation sites (N-methyl/N-ethyl adjacent to an activating group) is 1. The first-order valence-electron chi connectivity index (χ1n) is 3.24. The van der Waals surface area contributed by atoms with Gasteiger partial charge in [0.15, 0.2) is 0 Å². The smallest absolute Gasteiger partial charge is 0.251 e. The van der Waals surface area contributed by atoms with Crippen LogP contribution in [-0.2, 0) is 0 Å². The molecular weight excluding hydrogens is 138 g/mol. The summed E-state index contributed by atoms with van der Waals surface area (Å²) in [5, 5.41) is 0. The van der Waals surface area contributed by atoms with E-state index in [2.05, 4.69) is 0 Å². The molecule has 0 heterocycles. The summed E-state index contributed by atoms with van der Waals surface area (Å²) >= 11 is 0. The van der Waals surface area contributed by atoms with Crippen molar-refractivity contribution in [3.63, 3.8) is 0 Å². The fourth-order valence-corrected chi connectivity index (χ4v) is 0.802. The van der Waals surface area contributed by atoms with Crippen LogP contribution in [0.5, 0.6) is 0 Å². The van der Waals surface area contributed by atoms with E-state index in [1.807, 2.05) is 0 Å². The summed E-state index contributed by atoms with van der Waals surface area (Å²) in [6.07, 6.45) is -2.26. The minimum Gasteiger partial charge on any atom is -0.327 e. The van der Waals surface area contributed by atoms with Crippen LogP contribution in [-0.4, -0.2) is 37.5 Å². The van der Waals surface area contributed by atoms with Crippen molar-refractivity contribution in [2.45, 2.75) is 19.4 Å². The molecule has 1 atom stereocenters. The van der Waals surface area contributed by atoms with Crippen LogP contribution in [0.15, 0.2) is 0 Å². The van der Waals surface area contributed by atoms with Gasteiger partial charge in [0.1, 0.15) is 0 Å². The number of rotatable bonds is 4. The molecule has 0 aromatic heterocycles. The van der Waals surface area contributed by atoms with Gasteiger partial charge in [-0.25, -0.2) is 8.78 Å². The van der Waals surface area contributed by atoms with Gasteiger partial charge in [-0.05, 0) is 14.0 Å². The summed E-state index contributed by atoms with van der Waals surface area (Å²) in [6, 6.07) is -0.0382. The van der Waals surface area contributed by atoms with E-state index in [0.717, 1.165) is 0 Å². The number of nitrogens with two attached hydrogens (primary N) is 1. The Morgan fingerprint density at radius 3 is 2.20 bits per heavy atom. The fraction of sp³-hybridized carbons (Fsp3) is 1.00. The minimum atomic E-state index is -2.26. The van der Waals surface area contributed by atoms with Crippen LogP contribution in [0.1, 0.15) is 6.92 Å². The van der Waals surface area contributed by atoms with Crippen molar-refractivity contribution < 1.29 is 8.78 Å². The van der Waals surface area contributed by atoms with Crippen molar-refractivity contribution in [1.82, 2.24) is 4.90 Å². The Balaban J connectivity index is 3.34. The molecule has 0 saturated carbocycles. The first-order valence-corrected chi connectivity index (χ1v) is 3.24. The average molecular weight is 152 g/mol. The van der Waals surface area contributed by atoms with E-state index in [9.17, 15) is 8.78 Å². The van der Waals surface area contributed by atoms with E-state index in [4.69, 9.17) is 5.73 Å². The third-order valence-corrected chi connectivity index (χ3v) is 1.05. The lowest BCUT2D eigenvalue weighted by Gasteiger charge is -2.17. The largest absolute Gasteiger partial charge is 0.327 e. The van der Waals surface area contributed by atoms with Crippen LogP contribution >= 0.6 is 0 Å². The zero-order chi connectivity index (χ0) is 8.15. The van der Waals surface area contributed by atoms with Gasteiger partial charge in [0.05, 0.1) is 6.54 Å². The van der Waals surface area contributed by atoms with E-state index in [1.165, 1.54) is 4.90 Å². The van der Waals surface area contributed by atoms with Gasteiger partial charge in [-0.15, -0.1) is 0 Å². The monoisotopic (exact) mass is 152 g/mol. The first-order chi connectivity index (χ1) is 4.52. The summed E-state index contributed by atoms with van der Waals surface area (Å²) in [6.45, 7) is 2.12. The second-order valence-electron chi connectivity index (χ2n) is 2.59. The quantitative estimate of drug-likeness (QED) is 0.636. The van der Waals surface area contributed by atoms with Gasteiger partial charge in [-0.2, -0.15) is 0 Å². The zero-order valence-electron chi connectivity index (χ0n) is 6.35. The van der Waals surface area contributed by atoms with Crippen molar-refractivity contribution >= 4 is 0 Å². The molecule has 2 N–H and O–H groups in total. The normalized spacial score (nSPS) is 14.7. The third kappa shape index (κ3) is 5.91. The standard InChI is InChI=1S/C6H14F2N2/c1-5(9)3-10(2)4-6(7)8/h5-6H,3-4,9H2,1-2H3. The molecule has 0 amide bonds. The van der Waals surface area contributed by atoms with Crippen LogP contribution in [0.25, 0.3) is 0 Å². The van der Waals surface area contributed by atoms with Crippen molar-refractivity contribution in [3.8, 4) is 0 Å². The maximum atomic E-state index is 11.7. The summed E-state index contributed by atoms with van der Waals surface area (Å²) in [5.41, 5.74) is 5.38. The molecule has 4 heteroatoms. The zero-order valence-corrected chi connectivity index (χ0v) is 6.35. The molecule has 62 valence electrons. The van der Waals surface area contributed by atoms with Crippen molar-refractivity contribution in [1.29, 1.82) is 0 Å². The van der Waals surface area contributed by atoms with Crippen LogP contribution in [0.3, 0.4) is 0 Å². The lowest BCUT2D eigenvalue weighted by atomic mass is 10.3. The Morgan fingerprint density at radius 1 is 1.40 bits per heavy atom. The fourth-order valence-electron chi connectivity index (χ4n) is 0.802. The Bertz CT molecular complexity index is 75.8. The van der Waals surface area contributed by atoms with E-state index in [0.29, 0.717) is 6.54 Å². The Kier molecular flexibility index (Phi) is 4.47. The molecule has 0 aliphatic rings. The summed E-state index contributed by atoms with van der Waals surface area (Å²) in [5.74, 6) is 0. The highest BCUT2D eigenvalue weighted by Crippen LogP contribution is 1.95. The maximum Gasteiger partial charge on any atom is 0.251 e. The number of halogens is 2. The Labute approximate surface area is 60.0 Å². The SMILES string of the molecule is CC(N)CN(C)CC(F)F. The van der Waals surface area contributed by atoms with Gasteiger partial charge in [0.2, 0.25) is 0 Å². The molecule has 2 nitrogen and oxygen atoms in total. The molecule has 1 unspecified atom stereocenters. The molecule has 0 spiro atoms. The van der Waals surface area contributed by atoms with Gasteiger partial charge in [0, 0.05) is 12.6 Å². The second kappa shape index (κ2) is 4.57. The highest BCUT2D eigenvalue weighted by atomic mass is 19.3. The van der Waals surface area contributed by atoms with Crippen LogP contribution in [0.4, 0.5) is 8.78 Å². The lowest BCUT2D eigenvalue weighted by molar-refractivity contribution is 0.0986. The molecule has 0 radical (unpaired) electrons. The van der Waals surface area contributed by atoms with Crippen molar-refractivity contribution in [3.05, 3.63) is 0 Å². The molecule has 0 aromatic carbocycles. The Hall–Kier alpha value is -0.220. The molecule has 0 aliphatic carbocycles. The van der Waals surface area contributed by atoms with Gasteiger partial charge in [-0.1, -0.05) is 0 Å². The maximum absolute atomic E-state index is 11.7. The van der Waals surface area contributed by atoms with Gasteiger partial charge in [0.25, 0.3) is 6.43 Å². The second-order valence-corrected chi connectivity index (χ2v) is 2.59.